The highest BCUT2D eigenvalue weighted by Crippen LogP contribution is 2.24. The quantitative estimate of drug-likeness (QED) is 0.700. The monoisotopic (exact) mass is 228 g/mol. The number of hydrogen-bond donors (Lipinski definition) is 2. The number of carbonyl (C=O) groups is 1. The van der Waals surface area contributed by atoms with Crippen LogP contribution in [0.4, 0.5) is 0 Å². The van der Waals surface area contributed by atoms with Crippen molar-refractivity contribution in [3.05, 3.63) is 0 Å². The zero-order valence-corrected chi connectivity index (χ0v) is 10.4. The van der Waals surface area contributed by atoms with Gasteiger partial charge in [-0.1, -0.05) is 0 Å². The summed E-state index contributed by atoms with van der Waals surface area (Å²) in [4.78, 5) is 13.5. The highest BCUT2D eigenvalue weighted by molar-refractivity contribution is 5.78. The smallest absolute Gasteiger partial charge is 0.236 e. The number of nitrogens with one attached hydrogen (secondary N) is 1. The molecule has 0 aromatic heterocycles. The summed E-state index contributed by atoms with van der Waals surface area (Å²) in [6.45, 7) is 6.82. The van der Waals surface area contributed by atoms with Crippen molar-refractivity contribution in [2.45, 2.75) is 39.2 Å². The second kappa shape index (κ2) is 6.86. The highest BCUT2D eigenvalue weighted by Gasteiger charge is 2.22. The average molecular weight is 228 g/mol. The number of hydrogen-bond acceptors (Lipinski definition) is 3. The average Bonchev–Trinajstić information content (AvgIpc) is 2.66. The van der Waals surface area contributed by atoms with E-state index in [1.54, 1.807) is 0 Å². The van der Waals surface area contributed by atoms with E-state index in [1.165, 1.54) is 0 Å². The van der Waals surface area contributed by atoms with Crippen molar-refractivity contribution < 1.29 is 9.90 Å². The molecule has 1 saturated carbocycles. The molecule has 0 heterocycles. The van der Waals surface area contributed by atoms with Crippen molar-refractivity contribution >= 4 is 5.91 Å². The molecule has 0 aromatic carbocycles. The molecule has 94 valence electrons. The molecule has 4 heteroatoms. The van der Waals surface area contributed by atoms with Gasteiger partial charge in [0.1, 0.15) is 0 Å². The molecule has 0 saturated heterocycles. The second-order valence-electron chi connectivity index (χ2n) is 4.53. The molecule has 2 unspecified atom stereocenters. The fourth-order valence-corrected chi connectivity index (χ4v) is 2.31. The Morgan fingerprint density at radius 1 is 1.38 bits per heavy atom. The minimum atomic E-state index is -0.120. The van der Waals surface area contributed by atoms with E-state index in [2.05, 4.69) is 5.32 Å². The lowest BCUT2D eigenvalue weighted by Crippen LogP contribution is -2.39. The fourth-order valence-electron chi connectivity index (χ4n) is 2.31. The van der Waals surface area contributed by atoms with Crippen LogP contribution in [0.2, 0.25) is 0 Å². The summed E-state index contributed by atoms with van der Waals surface area (Å²) in [5.74, 6) is 0.711. The third kappa shape index (κ3) is 4.10. The molecule has 0 bridgehead atoms. The first-order chi connectivity index (χ1) is 7.67. The Hall–Kier alpha value is -0.610. The van der Waals surface area contributed by atoms with Gasteiger partial charge >= 0.3 is 0 Å². The van der Waals surface area contributed by atoms with Gasteiger partial charge in [0, 0.05) is 13.1 Å². The summed E-state index contributed by atoms with van der Waals surface area (Å²) >= 11 is 0. The summed E-state index contributed by atoms with van der Waals surface area (Å²) in [5, 5.41) is 12.6. The molecule has 1 rings (SSSR count). The van der Waals surface area contributed by atoms with E-state index >= 15 is 0 Å². The van der Waals surface area contributed by atoms with Crippen LogP contribution >= 0.6 is 0 Å². The Kier molecular flexibility index (Phi) is 5.77. The third-order valence-electron chi connectivity index (χ3n) is 3.34. The summed E-state index contributed by atoms with van der Waals surface area (Å²) in [5.41, 5.74) is 0. The minimum absolute atomic E-state index is 0.120. The molecule has 1 aliphatic carbocycles. The number of rotatable bonds is 6. The molecular formula is C12H24N2O2. The Bertz CT molecular complexity index is 217. The van der Waals surface area contributed by atoms with Gasteiger partial charge in [-0.3, -0.25) is 4.79 Å². The second-order valence-corrected chi connectivity index (χ2v) is 4.53. The lowest BCUT2D eigenvalue weighted by molar-refractivity contribution is -0.129. The molecule has 0 radical (unpaired) electrons. The van der Waals surface area contributed by atoms with E-state index in [4.69, 9.17) is 0 Å². The zero-order valence-electron chi connectivity index (χ0n) is 10.4. The van der Waals surface area contributed by atoms with Crippen LogP contribution in [0.3, 0.4) is 0 Å². The number of amides is 1. The SMILES string of the molecule is CCN(CC)C(=O)CNCC1CCC(O)C1. The van der Waals surface area contributed by atoms with E-state index in [1.807, 2.05) is 18.7 Å². The predicted octanol–water partition coefficient (Wildman–Crippen LogP) is 0.605. The van der Waals surface area contributed by atoms with Crippen LogP contribution < -0.4 is 5.32 Å². The number of likely N-dealkylation sites (N-methyl/N-ethyl adjacent to an activating group) is 1. The van der Waals surface area contributed by atoms with Gasteiger partial charge in [0.25, 0.3) is 0 Å². The number of nitrogens with zero attached hydrogens (tertiary/aromatic N) is 1. The van der Waals surface area contributed by atoms with Gasteiger partial charge in [0.2, 0.25) is 5.91 Å². The van der Waals surface area contributed by atoms with Crippen molar-refractivity contribution in [2.24, 2.45) is 5.92 Å². The van der Waals surface area contributed by atoms with Gasteiger partial charge in [-0.2, -0.15) is 0 Å². The van der Waals surface area contributed by atoms with E-state index in [-0.39, 0.29) is 12.0 Å². The standard InChI is InChI=1S/C12H24N2O2/c1-3-14(4-2)12(16)9-13-8-10-5-6-11(15)7-10/h10-11,13,15H,3-9H2,1-2H3. The highest BCUT2D eigenvalue weighted by atomic mass is 16.3. The Labute approximate surface area is 98.0 Å². The Morgan fingerprint density at radius 3 is 2.56 bits per heavy atom. The maximum atomic E-state index is 11.7. The van der Waals surface area contributed by atoms with E-state index in [0.717, 1.165) is 38.9 Å². The first-order valence-electron chi connectivity index (χ1n) is 6.33. The molecule has 0 aromatic rings. The molecule has 0 aliphatic heterocycles. The number of carbonyl (C=O) groups excluding carboxylic acids is 1. The zero-order chi connectivity index (χ0) is 12.0. The predicted molar refractivity (Wildman–Crippen MR) is 64.1 cm³/mol. The van der Waals surface area contributed by atoms with Gasteiger partial charge in [-0.15, -0.1) is 0 Å². The maximum Gasteiger partial charge on any atom is 0.236 e. The van der Waals surface area contributed by atoms with E-state index < -0.39 is 0 Å². The van der Waals surface area contributed by atoms with Crippen LogP contribution in [-0.2, 0) is 4.79 Å². The topological polar surface area (TPSA) is 52.6 Å². The number of aliphatic hydroxyl groups excluding tert-OH is 1. The van der Waals surface area contributed by atoms with Gasteiger partial charge in [-0.05, 0) is 45.6 Å². The van der Waals surface area contributed by atoms with Gasteiger partial charge < -0.3 is 15.3 Å². The maximum absolute atomic E-state index is 11.7. The van der Waals surface area contributed by atoms with Crippen LogP contribution in [-0.4, -0.2) is 48.2 Å². The van der Waals surface area contributed by atoms with Crippen molar-refractivity contribution in [1.82, 2.24) is 10.2 Å². The third-order valence-corrected chi connectivity index (χ3v) is 3.34. The molecule has 1 amide bonds. The molecule has 1 aliphatic rings. The van der Waals surface area contributed by atoms with E-state index in [9.17, 15) is 9.90 Å². The summed E-state index contributed by atoms with van der Waals surface area (Å²) in [6.07, 6.45) is 2.75. The largest absolute Gasteiger partial charge is 0.393 e. The fraction of sp³-hybridized carbons (Fsp3) is 0.917. The van der Waals surface area contributed by atoms with Gasteiger partial charge in [-0.25, -0.2) is 0 Å². The normalized spacial score (nSPS) is 24.7. The molecule has 0 spiro atoms. The lowest BCUT2D eigenvalue weighted by atomic mass is 10.1. The van der Waals surface area contributed by atoms with Gasteiger partial charge in [0.05, 0.1) is 12.6 Å². The van der Waals surface area contributed by atoms with Crippen LogP contribution in [0.25, 0.3) is 0 Å². The molecule has 2 N–H and O–H groups in total. The summed E-state index contributed by atoms with van der Waals surface area (Å²) in [7, 11) is 0. The molecular weight excluding hydrogens is 204 g/mol. The van der Waals surface area contributed by atoms with Crippen LogP contribution in [0.1, 0.15) is 33.1 Å². The number of aliphatic hydroxyl groups is 1. The van der Waals surface area contributed by atoms with Crippen molar-refractivity contribution in [3.8, 4) is 0 Å². The summed E-state index contributed by atoms with van der Waals surface area (Å²) < 4.78 is 0. The molecule has 1 fully saturated rings. The van der Waals surface area contributed by atoms with Crippen molar-refractivity contribution in [3.63, 3.8) is 0 Å². The van der Waals surface area contributed by atoms with Crippen LogP contribution in [0, 0.1) is 5.92 Å². The molecule has 4 nitrogen and oxygen atoms in total. The summed E-state index contributed by atoms with van der Waals surface area (Å²) in [6, 6.07) is 0. The van der Waals surface area contributed by atoms with Crippen molar-refractivity contribution in [2.75, 3.05) is 26.2 Å². The molecule has 2 atom stereocenters. The van der Waals surface area contributed by atoms with Crippen LogP contribution in [0.5, 0.6) is 0 Å². The molecule has 16 heavy (non-hydrogen) atoms. The van der Waals surface area contributed by atoms with E-state index in [0.29, 0.717) is 12.5 Å². The Morgan fingerprint density at radius 2 is 2.06 bits per heavy atom. The van der Waals surface area contributed by atoms with Gasteiger partial charge in [0.15, 0.2) is 0 Å². The Balaban J connectivity index is 2.12. The lowest BCUT2D eigenvalue weighted by Gasteiger charge is -2.19. The van der Waals surface area contributed by atoms with Crippen LogP contribution in [0.15, 0.2) is 0 Å². The first kappa shape index (κ1) is 13.5. The minimum Gasteiger partial charge on any atom is -0.393 e. The first-order valence-corrected chi connectivity index (χ1v) is 6.33. The van der Waals surface area contributed by atoms with Crippen molar-refractivity contribution in [1.29, 1.82) is 0 Å².